The van der Waals surface area contributed by atoms with Gasteiger partial charge in [-0.05, 0) is 18.8 Å². The molecule has 1 rings (SSSR count). The maximum absolute atomic E-state index is 10.1. The van der Waals surface area contributed by atoms with E-state index in [0.29, 0.717) is 5.92 Å². The molecule has 14 heavy (non-hydrogen) atoms. The zero-order valence-electron chi connectivity index (χ0n) is 9.45. The van der Waals surface area contributed by atoms with Crippen LogP contribution in [0.25, 0.3) is 0 Å². The first-order valence-electron chi connectivity index (χ1n) is 6.06. The van der Waals surface area contributed by atoms with Crippen LogP contribution in [0.2, 0.25) is 0 Å². The van der Waals surface area contributed by atoms with Gasteiger partial charge in [-0.1, -0.05) is 39.5 Å². The van der Waals surface area contributed by atoms with Gasteiger partial charge in [0.15, 0.2) is 0 Å². The first-order chi connectivity index (χ1) is 6.70. The topological polar surface area (TPSA) is 40.5 Å². The highest BCUT2D eigenvalue weighted by Crippen LogP contribution is 2.31. The first-order valence-corrected chi connectivity index (χ1v) is 6.06. The third kappa shape index (κ3) is 2.71. The van der Waals surface area contributed by atoms with E-state index in [1.54, 1.807) is 0 Å². The van der Waals surface area contributed by atoms with Crippen molar-refractivity contribution < 1.29 is 10.2 Å². The van der Waals surface area contributed by atoms with Crippen LogP contribution in [-0.4, -0.2) is 22.4 Å². The summed E-state index contributed by atoms with van der Waals surface area (Å²) in [5, 5.41) is 20.0. The number of hydrogen-bond acceptors (Lipinski definition) is 2. The summed E-state index contributed by atoms with van der Waals surface area (Å²) in [4.78, 5) is 0. The number of hydrogen-bond donors (Lipinski definition) is 2. The summed E-state index contributed by atoms with van der Waals surface area (Å²) in [6.07, 6.45) is 5.63. The molecule has 84 valence electrons. The van der Waals surface area contributed by atoms with Crippen LogP contribution in [0.15, 0.2) is 0 Å². The summed E-state index contributed by atoms with van der Waals surface area (Å²) < 4.78 is 0. The molecule has 2 nitrogen and oxygen atoms in total. The monoisotopic (exact) mass is 200 g/mol. The molecule has 0 spiro atoms. The van der Waals surface area contributed by atoms with Gasteiger partial charge in [-0.3, -0.25) is 0 Å². The molecule has 0 bridgehead atoms. The summed E-state index contributed by atoms with van der Waals surface area (Å²) in [5.41, 5.74) is 0. The van der Waals surface area contributed by atoms with Gasteiger partial charge >= 0.3 is 0 Å². The Kier molecular flexibility index (Phi) is 4.90. The second kappa shape index (κ2) is 5.72. The van der Waals surface area contributed by atoms with Crippen LogP contribution in [0.5, 0.6) is 0 Å². The molecule has 0 aromatic rings. The molecule has 0 saturated heterocycles. The zero-order valence-corrected chi connectivity index (χ0v) is 9.45. The minimum Gasteiger partial charge on any atom is -0.393 e. The van der Waals surface area contributed by atoms with Crippen molar-refractivity contribution in [1.29, 1.82) is 0 Å². The largest absolute Gasteiger partial charge is 0.393 e. The van der Waals surface area contributed by atoms with E-state index in [0.717, 1.165) is 32.1 Å². The lowest BCUT2D eigenvalue weighted by Crippen LogP contribution is -2.38. The summed E-state index contributed by atoms with van der Waals surface area (Å²) in [7, 11) is 0. The Morgan fingerprint density at radius 2 is 1.71 bits per heavy atom. The van der Waals surface area contributed by atoms with Gasteiger partial charge in [-0.15, -0.1) is 0 Å². The van der Waals surface area contributed by atoms with Gasteiger partial charge in [0.25, 0.3) is 0 Å². The molecule has 0 unspecified atom stereocenters. The van der Waals surface area contributed by atoms with Crippen LogP contribution < -0.4 is 0 Å². The van der Waals surface area contributed by atoms with Crippen LogP contribution in [0.1, 0.15) is 52.4 Å². The molecule has 0 radical (unpaired) electrons. The fourth-order valence-corrected chi connectivity index (χ4v) is 2.66. The van der Waals surface area contributed by atoms with E-state index in [2.05, 4.69) is 13.8 Å². The normalized spacial score (nSPS) is 30.6. The molecule has 0 aromatic carbocycles. The van der Waals surface area contributed by atoms with Gasteiger partial charge in [-0.25, -0.2) is 0 Å². The van der Waals surface area contributed by atoms with Crippen molar-refractivity contribution in [2.75, 3.05) is 0 Å². The predicted octanol–water partition coefficient (Wildman–Crippen LogP) is 2.33. The Morgan fingerprint density at radius 1 is 1.14 bits per heavy atom. The maximum atomic E-state index is 10.1. The van der Waals surface area contributed by atoms with Gasteiger partial charge in [0.1, 0.15) is 0 Å². The van der Waals surface area contributed by atoms with Crippen LogP contribution in [0.4, 0.5) is 0 Å². The number of rotatable bonds is 4. The molecule has 1 aliphatic rings. The van der Waals surface area contributed by atoms with Crippen LogP contribution in [0.3, 0.4) is 0 Å². The van der Waals surface area contributed by atoms with Crippen molar-refractivity contribution in [2.45, 2.75) is 64.6 Å². The van der Waals surface area contributed by atoms with E-state index in [4.69, 9.17) is 0 Å². The molecule has 0 heterocycles. The molecule has 0 aliphatic heterocycles. The second-order valence-electron chi connectivity index (χ2n) is 4.58. The molecule has 0 aromatic heterocycles. The average molecular weight is 200 g/mol. The van der Waals surface area contributed by atoms with Gasteiger partial charge in [0.2, 0.25) is 0 Å². The molecular formula is C12H24O2. The lowest BCUT2D eigenvalue weighted by Gasteiger charge is -2.35. The summed E-state index contributed by atoms with van der Waals surface area (Å²) in [6.45, 7) is 4.24. The van der Waals surface area contributed by atoms with Crippen LogP contribution in [-0.2, 0) is 0 Å². The Bertz CT molecular complexity index is 154. The smallest absolute Gasteiger partial charge is 0.0620 e. The summed E-state index contributed by atoms with van der Waals surface area (Å²) in [5.74, 6) is 0.501. The summed E-state index contributed by atoms with van der Waals surface area (Å²) >= 11 is 0. The van der Waals surface area contributed by atoms with Crippen molar-refractivity contribution in [1.82, 2.24) is 0 Å². The minimum atomic E-state index is -0.291. The lowest BCUT2D eigenvalue weighted by atomic mass is 9.77. The molecular weight excluding hydrogens is 176 g/mol. The number of aliphatic hydroxyl groups excluding tert-OH is 2. The highest BCUT2D eigenvalue weighted by molar-refractivity contribution is 4.83. The molecule has 1 saturated carbocycles. The molecule has 1 aliphatic carbocycles. The molecule has 2 N–H and O–H groups in total. The van der Waals surface area contributed by atoms with Crippen molar-refractivity contribution >= 4 is 0 Å². The van der Waals surface area contributed by atoms with Crippen LogP contribution in [0, 0.1) is 11.8 Å². The second-order valence-corrected chi connectivity index (χ2v) is 4.58. The van der Waals surface area contributed by atoms with E-state index in [-0.39, 0.29) is 18.1 Å². The minimum absolute atomic E-state index is 0.133. The Hall–Kier alpha value is -0.0800. The van der Waals surface area contributed by atoms with Gasteiger partial charge in [-0.2, -0.15) is 0 Å². The molecule has 3 atom stereocenters. The van der Waals surface area contributed by atoms with E-state index in [9.17, 15) is 10.2 Å². The molecule has 0 amide bonds. The Labute approximate surface area is 87.3 Å². The molecule has 1 fully saturated rings. The Balaban J connectivity index is 2.52. The predicted molar refractivity (Wildman–Crippen MR) is 58.0 cm³/mol. The quantitative estimate of drug-likeness (QED) is 0.731. The third-order valence-electron chi connectivity index (χ3n) is 3.75. The highest BCUT2D eigenvalue weighted by atomic mass is 16.3. The third-order valence-corrected chi connectivity index (χ3v) is 3.75. The standard InChI is InChI=1S/C12H24O2/c1-3-9(4-2)12(14)10-7-5-6-8-11(10)13/h9-14H,3-8H2,1-2H3/t10-,11-,12+/m1/s1. The summed E-state index contributed by atoms with van der Waals surface area (Å²) in [6, 6.07) is 0. The highest BCUT2D eigenvalue weighted by Gasteiger charge is 2.32. The Morgan fingerprint density at radius 3 is 2.21 bits per heavy atom. The lowest BCUT2D eigenvalue weighted by molar-refractivity contribution is -0.0404. The van der Waals surface area contributed by atoms with E-state index in [1.165, 1.54) is 6.42 Å². The fraction of sp³-hybridized carbons (Fsp3) is 1.00. The van der Waals surface area contributed by atoms with E-state index >= 15 is 0 Å². The van der Waals surface area contributed by atoms with Crippen molar-refractivity contribution in [3.05, 3.63) is 0 Å². The fourth-order valence-electron chi connectivity index (χ4n) is 2.66. The van der Waals surface area contributed by atoms with Crippen molar-refractivity contribution in [2.24, 2.45) is 11.8 Å². The SMILES string of the molecule is CCC(CC)[C@H](O)[C@@H]1CCCC[C@H]1O. The first kappa shape index (κ1) is 12.0. The van der Waals surface area contributed by atoms with Crippen LogP contribution >= 0.6 is 0 Å². The molecule has 2 heteroatoms. The van der Waals surface area contributed by atoms with Gasteiger partial charge in [0, 0.05) is 5.92 Å². The zero-order chi connectivity index (χ0) is 10.6. The van der Waals surface area contributed by atoms with Crippen molar-refractivity contribution in [3.8, 4) is 0 Å². The average Bonchev–Trinajstić information content (AvgIpc) is 2.20. The van der Waals surface area contributed by atoms with Gasteiger partial charge in [0.05, 0.1) is 12.2 Å². The van der Waals surface area contributed by atoms with E-state index < -0.39 is 0 Å². The van der Waals surface area contributed by atoms with E-state index in [1.807, 2.05) is 0 Å². The maximum Gasteiger partial charge on any atom is 0.0620 e. The van der Waals surface area contributed by atoms with Gasteiger partial charge < -0.3 is 10.2 Å². The van der Waals surface area contributed by atoms with Crippen molar-refractivity contribution in [3.63, 3.8) is 0 Å². The number of aliphatic hydroxyl groups is 2.